The van der Waals surface area contributed by atoms with Crippen molar-refractivity contribution in [2.45, 2.75) is 19.9 Å². The summed E-state index contributed by atoms with van der Waals surface area (Å²) in [6.07, 6.45) is 0. The SMILES string of the molecule is CC(C)C1CN(C)C(=O)CN1CC(=O)O. The smallest absolute Gasteiger partial charge is 0.317 e. The van der Waals surface area contributed by atoms with E-state index in [2.05, 4.69) is 0 Å². The lowest BCUT2D eigenvalue weighted by molar-refractivity contribution is -0.144. The number of hydrogen-bond acceptors (Lipinski definition) is 3. The van der Waals surface area contributed by atoms with Crippen LogP contribution >= 0.6 is 0 Å². The average molecular weight is 214 g/mol. The van der Waals surface area contributed by atoms with Gasteiger partial charge in [-0.15, -0.1) is 0 Å². The molecule has 1 aliphatic rings. The molecule has 1 fully saturated rings. The van der Waals surface area contributed by atoms with Crippen LogP contribution in [0.1, 0.15) is 13.8 Å². The number of carbonyl (C=O) groups is 2. The Kier molecular flexibility index (Phi) is 3.68. The first-order chi connectivity index (χ1) is 6.91. The van der Waals surface area contributed by atoms with E-state index >= 15 is 0 Å². The van der Waals surface area contributed by atoms with Crippen molar-refractivity contribution in [3.8, 4) is 0 Å². The molecule has 0 aromatic carbocycles. The molecule has 0 spiro atoms. The first-order valence-corrected chi connectivity index (χ1v) is 5.11. The van der Waals surface area contributed by atoms with Gasteiger partial charge in [-0.2, -0.15) is 0 Å². The normalized spacial score (nSPS) is 23.6. The molecule has 0 aromatic rings. The molecule has 5 nitrogen and oxygen atoms in total. The second-order valence-electron chi connectivity index (χ2n) is 4.38. The number of piperazine rings is 1. The summed E-state index contributed by atoms with van der Waals surface area (Å²) < 4.78 is 0. The minimum Gasteiger partial charge on any atom is -0.480 e. The highest BCUT2D eigenvalue weighted by atomic mass is 16.4. The molecule has 1 rings (SSSR count). The highest BCUT2D eigenvalue weighted by Crippen LogP contribution is 2.16. The summed E-state index contributed by atoms with van der Waals surface area (Å²) in [5.41, 5.74) is 0. The maximum absolute atomic E-state index is 11.4. The molecule has 0 radical (unpaired) electrons. The van der Waals surface area contributed by atoms with E-state index in [4.69, 9.17) is 5.11 Å². The van der Waals surface area contributed by atoms with E-state index in [-0.39, 0.29) is 25.0 Å². The van der Waals surface area contributed by atoms with Crippen LogP contribution in [-0.4, -0.2) is 59.5 Å². The van der Waals surface area contributed by atoms with Crippen molar-refractivity contribution in [2.24, 2.45) is 5.92 Å². The summed E-state index contributed by atoms with van der Waals surface area (Å²) in [4.78, 5) is 25.5. The number of likely N-dealkylation sites (N-methyl/N-ethyl adjacent to an activating group) is 1. The van der Waals surface area contributed by atoms with Gasteiger partial charge in [-0.25, -0.2) is 0 Å². The quantitative estimate of drug-likeness (QED) is 0.711. The Morgan fingerprint density at radius 3 is 2.67 bits per heavy atom. The van der Waals surface area contributed by atoms with Crippen LogP contribution in [0.2, 0.25) is 0 Å². The maximum Gasteiger partial charge on any atom is 0.317 e. The van der Waals surface area contributed by atoms with Gasteiger partial charge in [-0.05, 0) is 5.92 Å². The van der Waals surface area contributed by atoms with Gasteiger partial charge < -0.3 is 10.0 Å². The fourth-order valence-electron chi connectivity index (χ4n) is 1.89. The van der Waals surface area contributed by atoms with Crippen LogP contribution in [-0.2, 0) is 9.59 Å². The van der Waals surface area contributed by atoms with Crippen LogP contribution in [0.5, 0.6) is 0 Å². The van der Waals surface area contributed by atoms with Crippen LogP contribution in [0.3, 0.4) is 0 Å². The van der Waals surface area contributed by atoms with Gasteiger partial charge in [0.15, 0.2) is 0 Å². The summed E-state index contributed by atoms with van der Waals surface area (Å²) in [5.74, 6) is -0.536. The van der Waals surface area contributed by atoms with Crippen molar-refractivity contribution in [1.82, 2.24) is 9.80 Å². The van der Waals surface area contributed by atoms with Crippen LogP contribution in [0.15, 0.2) is 0 Å². The van der Waals surface area contributed by atoms with Gasteiger partial charge in [0.25, 0.3) is 0 Å². The van der Waals surface area contributed by atoms with Crippen LogP contribution in [0.25, 0.3) is 0 Å². The van der Waals surface area contributed by atoms with Gasteiger partial charge in [0.2, 0.25) is 5.91 Å². The number of carbonyl (C=O) groups excluding carboxylic acids is 1. The molecule has 0 aliphatic carbocycles. The van der Waals surface area contributed by atoms with Gasteiger partial charge in [0.05, 0.1) is 13.1 Å². The van der Waals surface area contributed by atoms with Crippen molar-refractivity contribution >= 4 is 11.9 Å². The fraction of sp³-hybridized carbons (Fsp3) is 0.800. The number of hydrogen-bond donors (Lipinski definition) is 1. The molecule has 0 bridgehead atoms. The highest BCUT2D eigenvalue weighted by molar-refractivity contribution is 5.80. The second-order valence-corrected chi connectivity index (χ2v) is 4.38. The van der Waals surface area contributed by atoms with E-state index in [9.17, 15) is 9.59 Å². The molecule has 1 amide bonds. The number of rotatable bonds is 3. The Morgan fingerprint density at radius 1 is 1.60 bits per heavy atom. The fourth-order valence-corrected chi connectivity index (χ4v) is 1.89. The van der Waals surface area contributed by atoms with E-state index in [1.165, 1.54) is 0 Å². The molecular formula is C10H18N2O3. The first-order valence-electron chi connectivity index (χ1n) is 5.11. The van der Waals surface area contributed by atoms with Crippen LogP contribution in [0, 0.1) is 5.92 Å². The molecule has 1 unspecified atom stereocenters. The molecule has 15 heavy (non-hydrogen) atoms. The monoisotopic (exact) mass is 214 g/mol. The first kappa shape index (κ1) is 12.0. The molecule has 1 aliphatic heterocycles. The third-order valence-electron chi connectivity index (χ3n) is 2.80. The Bertz CT molecular complexity index is 265. The topological polar surface area (TPSA) is 60.9 Å². The van der Waals surface area contributed by atoms with Crippen molar-refractivity contribution in [2.75, 3.05) is 26.7 Å². The number of carboxylic acids is 1. The molecule has 5 heteroatoms. The summed E-state index contributed by atoms with van der Waals surface area (Å²) in [7, 11) is 1.76. The van der Waals surface area contributed by atoms with Gasteiger partial charge in [-0.1, -0.05) is 13.8 Å². The zero-order valence-electron chi connectivity index (χ0n) is 9.43. The van der Waals surface area contributed by atoms with Crippen LogP contribution in [0.4, 0.5) is 0 Å². The Balaban J connectivity index is 2.72. The summed E-state index contributed by atoms with van der Waals surface area (Å²) in [6, 6.07) is 0.142. The van der Waals surface area contributed by atoms with E-state index in [0.717, 1.165) is 0 Å². The second kappa shape index (κ2) is 4.61. The van der Waals surface area contributed by atoms with Crippen molar-refractivity contribution < 1.29 is 14.7 Å². The van der Waals surface area contributed by atoms with Gasteiger partial charge in [-0.3, -0.25) is 14.5 Å². The summed E-state index contributed by atoms with van der Waals surface area (Å²) >= 11 is 0. The number of nitrogens with zero attached hydrogens (tertiary/aromatic N) is 2. The van der Waals surface area contributed by atoms with E-state index in [1.54, 1.807) is 16.8 Å². The zero-order valence-corrected chi connectivity index (χ0v) is 9.43. The lowest BCUT2D eigenvalue weighted by Gasteiger charge is -2.40. The summed E-state index contributed by atoms with van der Waals surface area (Å²) in [5, 5.41) is 8.75. The molecule has 1 heterocycles. The van der Waals surface area contributed by atoms with Gasteiger partial charge >= 0.3 is 5.97 Å². The standard InChI is InChI=1S/C10H18N2O3/c1-7(2)8-4-11(3)9(13)5-12(8)6-10(14)15/h7-8H,4-6H2,1-3H3,(H,14,15). The predicted octanol–water partition coefficient (Wildman–Crippen LogP) is -0.130. The van der Waals surface area contributed by atoms with Crippen molar-refractivity contribution in [1.29, 1.82) is 0 Å². The Morgan fingerprint density at radius 2 is 2.20 bits per heavy atom. The third-order valence-corrected chi connectivity index (χ3v) is 2.80. The summed E-state index contributed by atoms with van der Waals surface area (Å²) in [6.45, 7) is 4.87. The molecule has 1 atom stereocenters. The lowest BCUT2D eigenvalue weighted by Crippen LogP contribution is -2.57. The number of carboxylic acid groups (broad SMARTS) is 1. The minimum absolute atomic E-state index is 0.00634. The maximum atomic E-state index is 11.4. The molecule has 0 saturated carbocycles. The lowest BCUT2D eigenvalue weighted by atomic mass is 9.99. The molecule has 1 N–H and O–H groups in total. The minimum atomic E-state index is -0.877. The number of amides is 1. The average Bonchev–Trinajstić information content (AvgIpc) is 2.09. The van der Waals surface area contributed by atoms with Crippen molar-refractivity contribution in [3.63, 3.8) is 0 Å². The number of aliphatic carboxylic acids is 1. The molecule has 86 valence electrons. The molecule has 0 aromatic heterocycles. The molecule has 1 saturated heterocycles. The largest absolute Gasteiger partial charge is 0.480 e. The third kappa shape index (κ3) is 2.92. The van der Waals surface area contributed by atoms with E-state index in [1.807, 2.05) is 13.8 Å². The van der Waals surface area contributed by atoms with Gasteiger partial charge in [0, 0.05) is 19.6 Å². The Labute approximate surface area is 89.7 Å². The van der Waals surface area contributed by atoms with Crippen LogP contribution < -0.4 is 0 Å². The van der Waals surface area contributed by atoms with E-state index in [0.29, 0.717) is 12.5 Å². The predicted molar refractivity (Wildman–Crippen MR) is 55.5 cm³/mol. The molecular weight excluding hydrogens is 196 g/mol. The van der Waals surface area contributed by atoms with Crippen molar-refractivity contribution in [3.05, 3.63) is 0 Å². The zero-order chi connectivity index (χ0) is 11.6. The Hall–Kier alpha value is -1.10. The van der Waals surface area contributed by atoms with E-state index < -0.39 is 5.97 Å². The highest BCUT2D eigenvalue weighted by Gasteiger charge is 2.32. The van der Waals surface area contributed by atoms with Gasteiger partial charge in [0.1, 0.15) is 0 Å².